The molecule has 0 aliphatic heterocycles. The Kier molecular flexibility index (Phi) is 6.57. The van der Waals surface area contributed by atoms with Crippen LogP contribution in [0.1, 0.15) is 17.3 Å². The Morgan fingerprint density at radius 2 is 1.63 bits per heavy atom. The van der Waals surface area contributed by atoms with Gasteiger partial charge in [-0.2, -0.15) is 0 Å². The van der Waals surface area contributed by atoms with Crippen LogP contribution in [0.3, 0.4) is 0 Å². The van der Waals surface area contributed by atoms with Gasteiger partial charge in [-0.3, -0.25) is 9.59 Å². The molecule has 8 heteroatoms. The number of nitrogens with one attached hydrogen (secondary N) is 1. The highest BCUT2D eigenvalue weighted by molar-refractivity contribution is 7.93. The van der Waals surface area contributed by atoms with Gasteiger partial charge in [0, 0.05) is 17.3 Å². The second-order valence-corrected chi connectivity index (χ2v) is 8.12. The number of hydrogen-bond donors (Lipinski definition) is 1. The van der Waals surface area contributed by atoms with Gasteiger partial charge in [-0.15, -0.1) is 0 Å². The zero-order chi connectivity index (χ0) is 20.0. The predicted molar refractivity (Wildman–Crippen MR) is 102 cm³/mol. The van der Waals surface area contributed by atoms with Crippen molar-refractivity contribution in [2.75, 3.05) is 25.3 Å². The van der Waals surface area contributed by atoms with Gasteiger partial charge in [0.15, 0.2) is 27.1 Å². The number of benzene rings is 2. The van der Waals surface area contributed by atoms with Crippen LogP contribution in [0.4, 0.5) is 5.69 Å². The molecule has 2 rings (SSSR count). The Morgan fingerprint density at radius 3 is 2.22 bits per heavy atom. The van der Waals surface area contributed by atoms with Crippen LogP contribution in [0.2, 0.25) is 0 Å². The summed E-state index contributed by atoms with van der Waals surface area (Å²) in [7, 11) is -1.04. The minimum Gasteiger partial charge on any atom is -0.493 e. The van der Waals surface area contributed by atoms with Crippen molar-refractivity contribution in [3.8, 4) is 11.5 Å². The molecule has 0 radical (unpaired) electrons. The van der Waals surface area contributed by atoms with Gasteiger partial charge in [0.05, 0.1) is 14.2 Å². The summed E-state index contributed by atoms with van der Waals surface area (Å²) in [5.41, 5.74) is 0.642. The summed E-state index contributed by atoms with van der Waals surface area (Å²) >= 11 is 0. The first-order valence-electron chi connectivity index (χ1n) is 8.11. The third-order valence-electron chi connectivity index (χ3n) is 3.97. The monoisotopic (exact) mass is 391 g/mol. The number of carbonyl (C=O) groups is 2. The highest BCUT2D eigenvalue weighted by Crippen LogP contribution is 2.29. The fourth-order valence-electron chi connectivity index (χ4n) is 2.42. The molecule has 0 aliphatic rings. The number of ketones is 1. The molecule has 1 amide bonds. The van der Waals surface area contributed by atoms with Crippen molar-refractivity contribution in [3.05, 3.63) is 54.1 Å². The lowest BCUT2D eigenvalue weighted by Crippen LogP contribution is -2.34. The fourth-order valence-corrected chi connectivity index (χ4v) is 3.57. The number of amides is 1. The van der Waals surface area contributed by atoms with E-state index in [9.17, 15) is 18.0 Å². The number of sulfone groups is 1. The molecule has 0 heterocycles. The van der Waals surface area contributed by atoms with Gasteiger partial charge in [-0.05, 0) is 19.1 Å². The SMILES string of the molecule is COc1ccc(NC(=O)CS(=O)(=O)C(C)C(=O)c2ccccc2)cc1OC. The molecule has 0 aliphatic carbocycles. The van der Waals surface area contributed by atoms with Gasteiger partial charge in [0.1, 0.15) is 11.0 Å². The van der Waals surface area contributed by atoms with E-state index < -0.39 is 32.5 Å². The number of hydrogen-bond acceptors (Lipinski definition) is 6. The average molecular weight is 391 g/mol. The summed E-state index contributed by atoms with van der Waals surface area (Å²) in [5, 5.41) is 1.17. The quantitative estimate of drug-likeness (QED) is 0.694. The normalized spacial score (nSPS) is 12.1. The molecule has 1 atom stereocenters. The van der Waals surface area contributed by atoms with Gasteiger partial charge in [0.25, 0.3) is 0 Å². The predicted octanol–water partition coefficient (Wildman–Crippen LogP) is 2.33. The second-order valence-electron chi connectivity index (χ2n) is 5.80. The Morgan fingerprint density at radius 1 is 1.00 bits per heavy atom. The number of ether oxygens (including phenoxy) is 2. The Labute approximate surface area is 158 Å². The number of methoxy groups -OCH3 is 2. The standard InChI is InChI=1S/C19H21NO6S/c1-13(19(22)14-7-5-4-6-8-14)27(23,24)12-18(21)20-15-9-10-16(25-2)17(11-15)26-3/h4-11,13H,12H2,1-3H3,(H,20,21). The van der Waals surface area contributed by atoms with E-state index >= 15 is 0 Å². The van der Waals surface area contributed by atoms with E-state index in [2.05, 4.69) is 5.32 Å². The second kappa shape index (κ2) is 8.68. The molecule has 0 bridgehead atoms. The van der Waals surface area contributed by atoms with Gasteiger partial charge >= 0.3 is 0 Å². The molecule has 0 fully saturated rings. The minimum absolute atomic E-state index is 0.286. The van der Waals surface area contributed by atoms with E-state index in [1.807, 2.05) is 0 Å². The molecule has 0 saturated heterocycles. The lowest BCUT2D eigenvalue weighted by Gasteiger charge is -2.13. The van der Waals surface area contributed by atoms with Crippen molar-refractivity contribution in [2.45, 2.75) is 12.2 Å². The van der Waals surface area contributed by atoms with Crippen LogP contribution in [0, 0.1) is 0 Å². The van der Waals surface area contributed by atoms with Gasteiger partial charge < -0.3 is 14.8 Å². The van der Waals surface area contributed by atoms with Crippen LogP contribution in [-0.2, 0) is 14.6 Å². The first kappa shape index (κ1) is 20.4. The molecular formula is C19H21NO6S. The largest absolute Gasteiger partial charge is 0.493 e. The maximum Gasteiger partial charge on any atom is 0.239 e. The van der Waals surface area contributed by atoms with Crippen LogP contribution in [-0.4, -0.2) is 45.3 Å². The van der Waals surface area contributed by atoms with E-state index in [1.165, 1.54) is 39.3 Å². The van der Waals surface area contributed by atoms with Crippen LogP contribution < -0.4 is 14.8 Å². The molecule has 144 valence electrons. The summed E-state index contributed by atoms with van der Waals surface area (Å²) in [6, 6.07) is 12.8. The molecule has 0 spiro atoms. The maximum atomic E-state index is 12.4. The number of rotatable bonds is 8. The first-order chi connectivity index (χ1) is 12.8. The van der Waals surface area contributed by atoms with Gasteiger partial charge in [-0.25, -0.2) is 8.42 Å². The molecule has 1 N–H and O–H groups in total. The van der Waals surface area contributed by atoms with E-state index in [0.29, 0.717) is 17.2 Å². The number of carbonyl (C=O) groups excluding carboxylic acids is 2. The van der Waals surface area contributed by atoms with Crippen molar-refractivity contribution in [1.29, 1.82) is 0 Å². The third-order valence-corrected chi connectivity index (χ3v) is 5.92. The maximum absolute atomic E-state index is 12.4. The van der Waals surface area contributed by atoms with E-state index in [1.54, 1.807) is 30.3 Å². The summed E-state index contributed by atoms with van der Waals surface area (Å²) < 4.78 is 35.1. The average Bonchev–Trinajstić information content (AvgIpc) is 2.66. The van der Waals surface area contributed by atoms with Crippen LogP contribution in [0.25, 0.3) is 0 Å². The Hall–Kier alpha value is -2.87. The summed E-state index contributed by atoms with van der Waals surface area (Å²) in [4.78, 5) is 24.5. The van der Waals surface area contributed by atoms with Crippen LogP contribution >= 0.6 is 0 Å². The third kappa shape index (κ3) is 5.07. The minimum atomic E-state index is -3.97. The summed E-state index contributed by atoms with van der Waals surface area (Å²) in [5.74, 6) is -1.22. The zero-order valence-electron chi connectivity index (χ0n) is 15.3. The van der Waals surface area contributed by atoms with E-state index in [4.69, 9.17) is 9.47 Å². The van der Waals surface area contributed by atoms with Crippen molar-refractivity contribution in [2.24, 2.45) is 0 Å². The van der Waals surface area contributed by atoms with E-state index in [-0.39, 0.29) is 5.56 Å². The highest BCUT2D eigenvalue weighted by Gasteiger charge is 2.30. The molecule has 7 nitrogen and oxygen atoms in total. The number of Topliss-reactive ketones (excluding diaryl/α,β-unsaturated/α-hetero) is 1. The summed E-state index contributed by atoms with van der Waals surface area (Å²) in [6.45, 7) is 1.29. The highest BCUT2D eigenvalue weighted by atomic mass is 32.2. The molecule has 0 saturated carbocycles. The molecular weight excluding hydrogens is 370 g/mol. The van der Waals surface area contributed by atoms with Crippen LogP contribution in [0.5, 0.6) is 11.5 Å². The lowest BCUT2D eigenvalue weighted by molar-refractivity contribution is -0.113. The van der Waals surface area contributed by atoms with Crippen molar-refractivity contribution in [1.82, 2.24) is 0 Å². The topological polar surface area (TPSA) is 98.8 Å². The van der Waals surface area contributed by atoms with Crippen molar-refractivity contribution >= 4 is 27.2 Å². The molecule has 0 aromatic heterocycles. The van der Waals surface area contributed by atoms with Gasteiger partial charge in [0.2, 0.25) is 5.91 Å². The number of anilines is 1. The molecule has 27 heavy (non-hydrogen) atoms. The van der Waals surface area contributed by atoms with Gasteiger partial charge in [-0.1, -0.05) is 30.3 Å². The Bertz CT molecular complexity index is 924. The smallest absolute Gasteiger partial charge is 0.239 e. The first-order valence-corrected chi connectivity index (χ1v) is 9.82. The van der Waals surface area contributed by atoms with Crippen LogP contribution in [0.15, 0.2) is 48.5 Å². The fraction of sp³-hybridized carbons (Fsp3) is 0.263. The summed E-state index contributed by atoms with van der Waals surface area (Å²) in [6.07, 6.45) is 0. The Balaban J connectivity index is 2.09. The van der Waals surface area contributed by atoms with Crippen molar-refractivity contribution in [3.63, 3.8) is 0 Å². The molecule has 1 unspecified atom stereocenters. The molecule has 2 aromatic rings. The zero-order valence-corrected chi connectivity index (χ0v) is 16.1. The van der Waals surface area contributed by atoms with Crippen molar-refractivity contribution < 1.29 is 27.5 Å². The van der Waals surface area contributed by atoms with E-state index in [0.717, 1.165) is 0 Å². The lowest BCUT2D eigenvalue weighted by atomic mass is 10.1. The molecule has 2 aromatic carbocycles.